The number of sulfonamides is 1. The van der Waals surface area contributed by atoms with Gasteiger partial charge in [0.15, 0.2) is 0 Å². The largest absolute Gasteiger partial charge is 0.278 e. The first-order valence-corrected chi connectivity index (χ1v) is 9.16. The fraction of sp³-hybridized carbons (Fsp3) is 0. The summed E-state index contributed by atoms with van der Waals surface area (Å²) in [4.78, 5) is -0.485. The van der Waals surface area contributed by atoms with Gasteiger partial charge in [-0.1, -0.05) is 39.1 Å². The third kappa shape index (κ3) is 3.71. The Labute approximate surface area is 147 Å². The molecule has 9 heteroatoms. The predicted molar refractivity (Wildman–Crippen MR) is 89.1 cm³/mol. The van der Waals surface area contributed by atoms with Crippen molar-refractivity contribution < 1.29 is 12.8 Å². The van der Waals surface area contributed by atoms with Gasteiger partial charge in [-0.15, -0.1) is 0 Å². The summed E-state index contributed by atoms with van der Waals surface area (Å²) in [5, 5.41) is 0.181. The molecule has 0 amide bonds. The summed E-state index contributed by atoms with van der Waals surface area (Å²) in [6.07, 6.45) is 0. The molecule has 0 saturated heterocycles. The van der Waals surface area contributed by atoms with Gasteiger partial charge in [-0.25, -0.2) is 12.8 Å². The zero-order chi connectivity index (χ0) is 15.8. The molecule has 21 heavy (non-hydrogen) atoms. The van der Waals surface area contributed by atoms with E-state index >= 15 is 0 Å². The average Bonchev–Trinajstić information content (AvgIpc) is 2.39. The Morgan fingerprint density at radius 1 is 1.05 bits per heavy atom. The Morgan fingerprint density at radius 3 is 2.33 bits per heavy atom. The lowest BCUT2D eigenvalue weighted by Gasteiger charge is -2.12. The van der Waals surface area contributed by atoms with E-state index in [0.717, 1.165) is 12.1 Å². The summed E-state index contributed by atoms with van der Waals surface area (Å²) in [6.45, 7) is 0. The molecule has 0 unspecified atom stereocenters. The van der Waals surface area contributed by atoms with Crippen LogP contribution in [0.3, 0.4) is 0 Å². The van der Waals surface area contributed by atoms with Gasteiger partial charge in [0, 0.05) is 8.95 Å². The predicted octanol–water partition coefficient (Wildman–Crippen LogP) is 5.46. The number of nitrogens with one attached hydrogen (secondary N) is 1. The maximum atomic E-state index is 13.8. The smallest absolute Gasteiger partial charge is 0.264 e. The molecule has 0 aliphatic carbocycles. The van der Waals surface area contributed by atoms with Crippen LogP contribution < -0.4 is 4.72 Å². The quantitative estimate of drug-likeness (QED) is 0.597. The molecule has 0 saturated carbocycles. The molecule has 0 heterocycles. The maximum Gasteiger partial charge on any atom is 0.264 e. The van der Waals surface area contributed by atoms with E-state index in [2.05, 4.69) is 36.6 Å². The first kappa shape index (κ1) is 17.0. The highest BCUT2D eigenvalue weighted by Gasteiger charge is 2.21. The van der Waals surface area contributed by atoms with Gasteiger partial charge in [-0.3, -0.25) is 4.72 Å². The molecule has 2 aromatic rings. The van der Waals surface area contributed by atoms with Crippen LogP contribution in [0.15, 0.2) is 44.2 Å². The van der Waals surface area contributed by atoms with Gasteiger partial charge >= 0.3 is 0 Å². The molecular formula is C12H6Br2Cl2FNO2S. The molecule has 0 spiro atoms. The second kappa shape index (κ2) is 6.42. The first-order valence-electron chi connectivity index (χ1n) is 5.34. The van der Waals surface area contributed by atoms with Crippen LogP contribution >= 0.6 is 55.1 Å². The molecule has 0 bridgehead atoms. The molecule has 3 nitrogen and oxygen atoms in total. The minimum absolute atomic E-state index is 0.0205. The Morgan fingerprint density at radius 2 is 1.71 bits per heavy atom. The van der Waals surface area contributed by atoms with E-state index in [4.69, 9.17) is 23.2 Å². The van der Waals surface area contributed by atoms with Crippen LogP contribution in [0.4, 0.5) is 10.1 Å². The summed E-state index contributed by atoms with van der Waals surface area (Å²) in [5.41, 5.74) is 0.0622. The van der Waals surface area contributed by atoms with Gasteiger partial charge in [0.05, 0.1) is 15.7 Å². The Balaban J connectivity index is 2.45. The number of benzene rings is 2. The number of hydrogen-bond donors (Lipinski definition) is 1. The third-order valence-corrected chi connectivity index (χ3v) is 6.13. The summed E-state index contributed by atoms with van der Waals surface area (Å²) in [6, 6.07) is 6.59. The minimum atomic E-state index is -4.12. The van der Waals surface area contributed by atoms with Crippen molar-refractivity contribution in [2.45, 2.75) is 4.90 Å². The highest BCUT2D eigenvalue weighted by molar-refractivity contribution is 9.10. The summed E-state index contributed by atoms with van der Waals surface area (Å²) in [5.74, 6) is -0.879. The Bertz CT molecular complexity index is 815. The third-order valence-electron chi connectivity index (χ3n) is 2.46. The van der Waals surface area contributed by atoms with Gasteiger partial charge in [0.2, 0.25) is 0 Å². The Kier molecular flexibility index (Phi) is 5.20. The molecule has 0 atom stereocenters. The number of hydrogen-bond acceptors (Lipinski definition) is 2. The van der Waals surface area contributed by atoms with Crippen LogP contribution in [-0.4, -0.2) is 8.42 Å². The number of anilines is 1. The van der Waals surface area contributed by atoms with E-state index in [1.807, 2.05) is 0 Å². The molecule has 0 radical (unpaired) electrons. The van der Waals surface area contributed by atoms with Gasteiger partial charge in [-0.2, -0.15) is 0 Å². The Hall–Kier alpha value is -0.340. The van der Waals surface area contributed by atoms with Crippen molar-refractivity contribution in [1.29, 1.82) is 0 Å². The molecule has 0 aliphatic heterocycles. The first-order chi connectivity index (χ1) is 9.72. The fourth-order valence-electron chi connectivity index (χ4n) is 1.50. The second-order valence-corrected chi connectivity index (χ2v) is 8.08. The van der Waals surface area contributed by atoms with Gasteiger partial charge in [-0.05, 0) is 46.3 Å². The molecule has 1 N–H and O–H groups in total. The molecule has 2 aromatic carbocycles. The second-order valence-electron chi connectivity index (χ2n) is 3.90. The molecule has 0 aliphatic rings. The molecule has 0 aromatic heterocycles. The van der Waals surface area contributed by atoms with Crippen molar-refractivity contribution in [1.82, 2.24) is 0 Å². The normalized spacial score (nSPS) is 11.5. The zero-order valence-corrected chi connectivity index (χ0v) is 15.5. The molecular weight excluding hydrogens is 472 g/mol. The highest BCUT2D eigenvalue weighted by Crippen LogP contribution is 2.36. The lowest BCUT2D eigenvalue weighted by Crippen LogP contribution is -2.15. The van der Waals surface area contributed by atoms with Crippen molar-refractivity contribution in [2.24, 2.45) is 0 Å². The van der Waals surface area contributed by atoms with Crippen LogP contribution in [-0.2, 0) is 10.0 Å². The van der Waals surface area contributed by atoms with Crippen LogP contribution in [0.25, 0.3) is 0 Å². The molecule has 2 rings (SSSR count). The fourth-order valence-corrected chi connectivity index (χ4v) is 3.84. The summed E-state index contributed by atoms with van der Waals surface area (Å²) >= 11 is 18.1. The van der Waals surface area contributed by atoms with Gasteiger partial charge < -0.3 is 0 Å². The van der Waals surface area contributed by atoms with Crippen molar-refractivity contribution >= 4 is 70.8 Å². The van der Waals surface area contributed by atoms with E-state index in [0.29, 0.717) is 8.95 Å². The number of rotatable bonds is 3. The van der Waals surface area contributed by atoms with Crippen LogP contribution in [0.5, 0.6) is 0 Å². The SMILES string of the molecule is O=S(=O)(Nc1ccc(Br)c(Cl)c1Cl)c1ccc(Br)cc1F. The van der Waals surface area contributed by atoms with Crippen LogP contribution in [0.2, 0.25) is 10.0 Å². The van der Waals surface area contributed by atoms with Crippen molar-refractivity contribution in [3.05, 3.63) is 55.1 Å². The monoisotopic (exact) mass is 475 g/mol. The molecule has 112 valence electrons. The van der Waals surface area contributed by atoms with Crippen molar-refractivity contribution in [3.63, 3.8) is 0 Å². The maximum absolute atomic E-state index is 13.8. The average molecular weight is 478 g/mol. The van der Waals surface area contributed by atoms with E-state index in [-0.39, 0.29) is 15.7 Å². The van der Waals surface area contributed by atoms with Crippen molar-refractivity contribution in [2.75, 3.05) is 4.72 Å². The van der Waals surface area contributed by atoms with E-state index in [1.54, 1.807) is 0 Å². The molecule has 0 fully saturated rings. The van der Waals surface area contributed by atoms with E-state index in [9.17, 15) is 12.8 Å². The summed E-state index contributed by atoms with van der Waals surface area (Å²) < 4.78 is 41.3. The van der Waals surface area contributed by atoms with Crippen molar-refractivity contribution in [3.8, 4) is 0 Å². The van der Waals surface area contributed by atoms with E-state index in [1.165, 1.54) is 18.2 Å². The lowest BCUT2D eigenvalue weighted by molar-refractivity contribution is 0.570. The highest BCUT2D eigenvalue weighted by atomic mass is 79.9. The zero-order valence-electron chi connectivity index (χ0n) is 10.0. The minimum Gasteiger partial charge on any atom is -0.278 e. The number of halogens is 5. The topological polar surface area (TPSA) is 46.2 Å². The van der Waals surface area contributed by atoms with E-state index < -0.39 is 20.7 Å². The van der Waals surface area contributed by atoms with Gasteiger partial charge in [0.1, 0.15) is 10.7 Å². The van der Waals surface area contributed by atoms with Crippen LogP contribution in [0, 0.1) is 5.82 Å². The summed E-state index contributed by atoms with van der Waals surface area (Å²) in [7, 11) is -4.12. The standard InChI is InChI=1S/C12H6Br2Cl2FNO2S/c13-6-1-4-10(8(17)5-6)21(19,20)18-9-3-2-7(14)11(15)12(9)16/h1-5,18H. The van der Waals surface area contributed by atoms with Gasteiger partial charge in [0.25, 0.3) is 10.0 Å². The lowest BCUT2D eigenvalue weighted by atomic mass is 10.3. The van der Waals surface area contributed by atoms with Crippen LogP contribution in [0.1, 0.15) is 0 Å².